The third kappa shape index (κ3) is 3.85. The molecule has 110 valence electrons. The molecular formula is C14H18BrNO4. The predicted molar refractivity (Wildman–Crippen MR) is 76.2 cm³/mol. The molecule has 1 fully saturated rings. The minimum Gasteiger partial charge on any atom is -0.450 e. The number of rotatable bonds is 3. The van der Waals surface area contributed by atoms with Crippen molar-refractivity contribution in [3.63, 3.8) is 0 Å². The first-order chi connectivity index (χ1) is 9.45. The number of carbonyl (C=O) groups is 2. The van der Waals surface area contributed by atoms with E-state index in [0.29, 0.717) is 16.5 Å². The Labute approximate surface area is 126 Å². The second kappa shape index (κ2) is 6.43. The number of carbonyl (C=O) groups excluding carboxylic acids is 2. The molecule has 0 aromatic carbocycles. The molecule has 5 nitrogen and oxygen atoms in total. The average molecular weight is 344 g/mol. The van der Waals surface area contributed by atoms with Crippen LogP contribution in [-0.4, -0.2) is 36.5 Å². The topological polar surface area (TPSA) is 59.8 Å². The number of likely N-dealkylation sites (tertiary alicyclic amines) is 1. The van der Waals surface area contributed by atoms with Gasteiger partial charge >= 0.3 is 5.97 Å². The Morgan fingerprint density at radius 3 is 2.55 bits per heavy atom. The largest absolute Gasteiger partial charge is 0.450 e. The minimum atomic E-state index is -0.623. The summed E-state index contributed by atoms with van der Waals surface area (Å²) in [5.41, 5.74) is 0. The van der Waals surface area contributed by atoms with E-state index in [2.05, 4.69) is 29.8 Å². The number of ether oxygens (including phenoxy) is 1. The molecule has 1 saturated heterocycles. The summed E-state index contributed by atoms with van der Waals surface area (Å²) in [6.07, 6.45) is 1.13. The van der Waals surface area contributed by atoms with E-state index in [-0.39, 0.29) is 18.3 Å². The van der Waals surface area contributed by atoms with Gasteiger partial charge in [0.25, 0.3) is 5.91 Å². The van der Waals surface area contributed by atoms with Gasteiger partial charge in [-0.25, -0.2) is 4.79 Å². The fourth-order valence-corrected chi connectivity index (χ4v) is 2.89. The third-order valence-corrected chi connectivity index (χ3v) is 3.75. The van der Waals surface area contributed by atoms with Crippen LogP contribution in [0.1, 0.15) is 30.8 Å². The zero-order chi connectivity index (χ0) is 14.7. The van der Waals surface area contributed by atoms with E-state index in [9.17, 15) is 9.59 Å². The maximum Gasteiger partial charge on any atom is 0.374 e. The van der Waals surface area contributed by atoms with Gasteiger partial charge in [0, 0.05) is 13.1 Å². The summed E-state index contributed by atoms with van der Waals surface area (Å²) in [5, 5.41) is 0. The van der Waals surface area contributed by atoms with Crippen molar-refractivity contribution < 1.29 is 18.7 Å². The Hall–Kier alpha value is -1.30. The van der Waals surface area contributed by atoms with Gasteiger partial charge in [0.05, 0.1) is 0 Å². The van der Waals surface area contributed by atoms with Crippen LogP contribution in [0.5, 0.6) is 0 Å². The molecule has 1 amide bonds. The number of esters is 1. The summed E-state index contributed by atoms with van der Waals surface area (Å²) in [6, 6.07) is 3.11. The highest BCUT2D eigenvalue weighted by Gasteiger charge is 2.26. The van der Waals surface area contributed by atoms with E-state index in [4.69, 9.17) is 9.15 Å². The molecule has 1 aromatic rings. The van der Waals surface area contributed by atoms with E-state index in [0.717, 1.165) is 19.5 Å². The van der Waals surface area contributed by atoms with Crippen molar-refractivity contribution >= 4 is 27.8 Å². The summed E-state index contributed by atoms with van der Waals surface area (Å²) in [4.78, 5) is 25.5. The standard InChI is InChI=1S/C14H18BrNO4/c1-9-5-10(2)7-16(6-9)13(17)8-19-14(18)11-3-4-12(15)20-11/h3-4,9-10H,5-8H2,1-2H3/t9-,10+. The van der Waals surface area contributed by atoms with Crippen molar-refractivity contribution in [1.82, 2.24) is 4.90 Å². The molecule has 1 aliphatic rings. The second-order valence-electron chi connectivity index (χ2n) is 5.42. The first-order valence-electron chi connectivity index (χ1n) is 6.66. The van der Waals surface area contributed by atoms with E-state index >= 15 is 0 Å². The Morgan fingerprint density at radius 1 is 1.35 bits per heavy atom. The van der Waals surface area contributed by atoms with Crippen LogP contribution in [0, 0.1) is 11.8 Å². The summed E-state index contributed by atoms with van der Waals surface area (Å²) in [7, 11) is 0. The number of furan rings is 1. The fourth-order valence-electron chi connectivity index (χ4n) is 2.58. The van der Waals surface area contributed by atoms with Crippen molar-refractivity contribution in [2.75, 3.05) is 19.7 Å². The lowest BCUT2D eigenvalue weighted by Gasteiger charge is -2.34. The third-order valence-electron chi connectivity index (χ3n) is 3.32. The first kappa shape index (κ1) is 15.1. The van der Waals surface area contributed by atoms with Crippen molar-refractivity contribution in [2.24, 2.45) is 11.8 Å². The molecule has 0 N–H and O–H groups in total. The molecule has 1 aliphatic heterocycles. The molecule has 0 aliphatic carbocycles. The zero-order valence-corrected chi connectivity index (χ0v) is 13.2. The highest BCUT2D eigenvalue weighted by atomic mass is 79.9. The molecule has 2 rings (SSSR count). The number of nitrogens with zero attached hydrogens (tertiary/aromatic N) is 1. The zero-order valence-electron chi connectivity index (χ0n) is 11.6. The molecule has 0 radical (unpaired) electrons. The smallest absolute Gasteiger partial charge is 0.374 e. The molecule has 6 heteroatoms. The molecule has 2 heterocycles. The monoisotopic (exact) mass is 343 g/mol. The normalized spacial score (nSPS) is 22.6. The number of hydrogen-bond acceptors (Lipinski definition) is 4. The molecule has 1 aromatic heterocycles. The lowest BCUT2D eigenvalue weighted by atomic mass is 9.92. The highest BCUT2D eigenvalue weighted by Crippen LogP contribution is 2.21. The van der Waals surface area contributed by atoms with Crippen LogP contribution in [0.15, 0.2) is 21.2 Å². The Kier molecular flexibility index (Phi) is 4.86. The highest BCUT2D eigenvalue weighted by molar-refractivity contribution is 9.10. The van der Waals surface area contributed by atoms with Gasteiger partial charge in [-0.2, -0.15) is 0 Å². The van der Waals surface area contributed by atoms with Gasteiger partial charge in [0.1, 0.15) is 0 Å². The Morgan fingerprint density at radius 2 is 2.00 bits per heavy atom. The number of halogens is 1. The van der Waals surface area contributed by atoms with Crippen molar-refractivity contribution in [3.8, 4) is 0 Å². The summed E-state index contributed by atoms with van der Waals surface area (Å²) in [6.45, 7) is 5.47. The lowest BCUT2D eigenvalue weighted by Crippen LogP contribution is -2.44. The van der Waals surface area contributed by atoms with E-state index < -0.39 is 5.97 Å². The Balaban J connectivity index is 1.84. The predicted octanol–water partition coefficient (Wildman–Crippen LogP) is 2.70. The molecule has 0 spiro atoms. The van der Waals surface area contributed by atoms with Crippen LogP contribution in [0.2, 0.25) is 0 Å². The van der Waals surface area contributed by atoms with E-state index in [1.165, 1.54) is 6.07 Å². The van der Waals surface area contributed by atoms with Crippen LogP contribution in [0.3, 0.4) is 0 Å². The first-order valence-corrected chi connectivity index (χ1v) is 7.45. The minimum absolute atomic E-state index is 0.0880. The van der Waals surface area contributed by atoms with Crippen molar-refractivity contribution in [3.05, 3.63) is 22.6 Å². The van der Waals surface area contributed by atoms with Gasteiger partial charge in [0.15, 0.2) is 11.3 Å². The van der Waals surface area contributed by atoms with Gasteiger partial charge in [0.2, 0.25) is 5.76 Å². The second-order valence-corrected chi connectivity index (χ2v) is 6.21. The maximum atomic E-state index is 12.0. The van der Waals surface area contributed by atoms with Gasteiger partial charge in [-0.1, -0.05) is 13.8 Å². The number of piperidine rings is 1. The van der Waals surface area contributed by atoms with Crippen LogP contribution >= 0.6 is 15.9 Å². The van der Waals surface area contributed by atoms with Gasteiger partial charge < -0.3 is 14.1 Å². The summed E-state index contributed by atoms with van der Waals surface area (Å²) < 4.78 is 10.5. The average Bonchev–Trinajstić information content (AvgIpc) is 2.81. The van der Waals surface area contributed by atoms with E-state index in [1.807, 2.05) is 0 Å². The molecule has 20 heavy (non-hydrogen) atoms. The Bertz CT molecular complexity index is 489. The number of hydrogen-bond donors (Lipinski definition) is 0. The van der Waals surface area contributed by atoms with Crippen molar-refractivity contribution in [1.29, 1.82) is 0 Å². The summed E-state index contributed by atoms with van der Waals surface area (Å²) in [5.74, 6) is 0.286. The van der Waals surface area contributed by atoms with Crippen LogP contribution in [0.4, 0.5) is 0 Å². The van der Waals surface area contributed by atoms with Crippen molar-refractivity contribution in [2.45, 2.75) is 20.3 Å². The maximum absolute atomic E-state index is 12.0. The lowest BCUT2D eigenvalue weighted by molar-refractivity contribution is -0.137. The molecule has 0 saturated carbocycles. The molecule has 0 unspecified atom stereocenters. The molecule has 0 bridgehead atoms. The SMILES string of the molecule is C[C@@H]1C[C@H](C)CN(C(=O)COC(=O)c2ccc(Br)o2)C1. The van der Waals surface area contributed by atoms with Crippen LogP contribution < -0.4 is 0 Å². The van der Waals surface area contributed by atoms with Gasteiger partial charge in [-0.15, -0.1) is 0 Å². The fraction of sp³-hybridized carbons (Fsp3) is 0.571. The summed E-state index contributed by atoms with van der Waals surface area (Å²) >= 11 is 3.11. The van der Waals surface area contributed by atoms with Gasteiger partial charge in [-0.05, 0) is 46.3 Å². The number of amides is 1. The van der Waals surface area contributed by atoms with E-state index in [1.54, 1.807) is 11.0 Å². The quantitative estimate of drug-likeness (QED) is 0.791. The molecule has 2 atom stereocenters. The van der Waals surface area contributed by atoms with Crippen LogP contribution in [-0.2, 0) is 9.53 Å². The van der Waals surface area contributed by atoms with Crippen LogP contribution in [0.25, 0.3) is 0 Å². The molecular weight excluding hydrogens is 326 g/mol. The van der Waals surface area contributed by atoms with Gasteiger partial charge in [-0.3, -0.25) is 4.79 Å².